The molecule has 0 spiro atoms. The second kappa shape index (κ2) is 4.28. The Balaban J connectivity index is 3.42. The highest BCUT2D eigenvalue weighted by atomic mass is 35.5. The van der Waals surface area contributed by atoms with Gasteiger partial charge in [0.2, 0.25) is 0 Å². The Kier molecular flexibility index (Phi) is 3.46. The van der Waals surface area contributed by atoms with E-state index in [0.717, 1.165) is 12.1 Å². The van der Waals surface area contributed by atoms with Crippen LogP contribution in [0.3, 0.4) is 0 Å². The molecule has 6 heteroatoms. The lowest BCUT2D eigenvalue weighted by molar-refractivity contribution is -0.138. The van der Waals surface area contributed by atoms with Gasteiger partial charge in [-0.15, -0.1) is 0 Å². The van der Waals surface area contributed by atoms with Crippen LogP contribution in [0, 0.1) is 0 Å². The maximum Gasteiger partial charge on any atom is 0.416 e. The summed E-state index contributed by atoms with van der Waals surface area (Å²) in [4.78, 5) is 0. The van der Waals surface area contributed by atoms with Crippen molar-refractivity contribution in [2.75, 3.05) is 7.11 Å². The Labute approximate surface area is 89.2 Å². The van der Waals surface area contributed by atoms with Crippen molar-refractivity contribution in [1.82, 2.24) is 0 Å². The lowest BCUT2D eigenvalue weighted by Gasteiger charge is -2.15. The predicted octanol–water partition coefficient (Wildman–Crippen LogP) is 2.86. The first-order valence-electron chi connectivity index (χ1n) is 3.95. The fraction of sp³-hybridized carbons (Fsp3) is 0.333. The van der Waals surface area contributed by atoms with Gasteiger partial charge in [-0.2, -0.15) is 13.2 Å². The minimum absolute atomic E-state index is 0.0366. The summed E-state index contributed by atoms with van der Waals surface area (Å²) < 4.78 is 42.1. The van der Waals surface area contributed by atoms with Gasteiger partial charge in [0.15, 0.2) is 0 Å². The summed E-state index contributed by atoms with van der Waals surface area (Å²) in [5.74, 6) is -0.144. The molecule has 1 rings (SSSR count). The van der Waals surface area contributed by atoms with Gasteiger partial charge >= 0.3 is 6.18 Å². The van der Waals surface area contributed by atoms with Crippen molar-refractivity contribution in [3.63, 3.8) is 0 Å². The van der Waals surface area contributed by atoms with E-state index in [-0.39, 0.29) is 16.3 Å². The van der Waals surface area contributed by atoms with E-state index >= 15 is 0 Å². The van der Waals surface area contributed by atoms with Crippen molar-refractivity contribution in [1.29, 1.82) is 0 Å². The molecule has 0 amide bonds. The average Bonchev–Trinajstić information content (AvgIpc) is 2.15. The van der Waals surface area contributed by atoms with Gasteiger partial charge in [0.05, 0.1) is 24.3 Å². The summed E-state index contributed by atoms with van der Waals surface area (Å²) in [5.41, 5.74) is -1.29. The number of halogens is 4. The maximum atomic E-state index is 12.5. The molecule has 0 atom stereocenters. The first-order valence-corrected chi connectivity index (χ1v) is 4.33. The fourth-order valence-corrected chi connectivity index (χ4v) is 1.50. The zero-order valence-corrected chi connectivity index (χ0v) is 8.49. The minimum Gasteiger partial charge on any atom is -0.495 e. The molecule has 0 aliphatic carbocycles. The van der Waals surface area contributed by atoms with E-state index in [0.29, 0.717) is 0 Å². The van der Waals surface area contributed by atoms with E-state index in [1.165, 1.54) is 7.11 Å². The largest absolute Gasteiger partial charge is 0.495 e. The number of benzene rings is 1. The Morgan fingerprint density at radius 1 is 1.40 bits per heavy atom. The van der Waals surface area contributed by atoms with Crippen molar-refractivity contribution in [3.8, 4) is 5.75 Å². The number of aliphatic hydroxyl groups is 1. The zero-order chi connectivity index (χ0) is 11.6. The maximum absolute atomic E-state index is 12.5. The topological polar surface area (TPSA) is 29.5 Å². The van der Waals surface area contributed by atoms with Crippen LogP contribution in [0.15, 0.2) is 12.1 Å². The summed E-state index contributed by atoms with van der Waals surface area (Å²) in [5, 5.41) is 8.92. The summed E-state index contributed by atoms with van der Waals surface area (Å²) in [7, 11) is 1.19. The van der Waals surface area contributed by atoms with Crippen molar-refractivity contribution in [2.24, 2.45) is 0 Å². The van der Waals surface area contributed by atoms with Crippen LogP contribution in [0.25, 0.3) is 0 Å². The molecule has 2 nitrogen and oxygen atoms in total. The Morgan fingerprint density at radius 2 is 2.00 bits per heavy atom. The van der Waals surface area contributed by atoms with Crippen molar-refractivity contribution >= 4 is 11.6 Å². The van der Waals surface area contributed by atoms with Crippen molar-refractivity contribution in [3.05, 3.63) is 28.3 Å². The molecule has 0 saturated carbocycles. The fourth-order valence-electron chi connectivity index (χ4n) is 1.24. The molecule has 0 bridgehead atoms. The molecule has 0 heterocycles. The highest BCUT2D eigenvalue weighted by Crippen LogP contribution is 2.39. The minimum atomic E-state index is -4.53. The Morgan fingerprint density at radius 3 is 2.40 bits per heavy atom. The van der Waals surface area contributed by atoms with E-state index in [9.17, 15) is 13.2 Å². The van der Waals surface area contributed by atoms with E-state index in [1.807, 2.05) is 0 Å². The van der Waals surface area contributed by atoms with Gasteiger partial charge in [-0.05, 0) is 12.1 Å². The van der Waals surface area contributed by atoms with E-state index in [1.54, 1.807) is 0 Å². The molecule has 0 fully saturated rings. The van der Waals surface area contributed by atoms with Crippen molar-refractivity contribution in [2.45, 2.75) is 12.8 Å². The number of hydrogen-bond acceptors (Lipinski definition) is 2. The van der Waals surface area contributed by atoms with Crippen LogP contribution in [-0.4, -0.2) is 12.2 Å². The number of rotatable bonds is 2. The molecule has 0 saturated heterocycles. The molecule has 0 aliphatic heterocycles. The molecule has 0 aromatic heterocycles. The summed E-state index contributed by atoms with van der Waals surface area (Å²) in [6, 6.07) is 1.90. The van der Waals surface area contributed by atoms with Crippen molar-refractivity contribution < 1.29 is 23.0 Å². The van der Waals surface area contributed by atoms with E-state index in [4.69, 9.17) is 21.4 Å². The molecular weight excluding hydrogens is 233 g/mol. The zero-order valence-electron chi connectivity index (χ0n) is 7.73. The van der Waals surface area contributed by atoms with Gasteiger partial charge in [0.1, 0.15) is 5.75 Å². The molecule has 15 heavy (non-hydrogen) atoms. The highest BCUT2D eigenvalue weighted by molar-refractivity contribution is 6.32. The molecule has 0 radical (unpaired) electrons. The van der Waals surface area contributed by atoms with Gasteiger partial charge < -0.3 is 9.84 Å². The van der Waals surface area contributed by atoms with Gasteiger partial charge in [-0.25, -0.2) is 0 Å². The number of alkyl halides is 3. The van der Waals surface area contributed by atoms with Crippen LogP contribution in [0.5, 0.6) is 5.75 Å². The molecule has 0 aliphatic rings. The van der Waals surface area contributed by atoms with E-state index < -0.39 is 18.3 Å². The summed E-state index contributed by atoms with van der Waals surface area (Å²) >= 11 is 5.63. The third-order valence-corrected chi connectivity index (χ3v) is 2.18. The van der Waals surface area contributed by atoms with Gasteiger partial charge in [-0.1, -0.05) is 11.6 Å². The Bertz CT molecular complexity index is 363. The number of hydrogen-bond donors (Lipinski definition) is 1. The van der Waals surface area contributed by atoms with Crippen LogP contribution in [-0.2, 0) is 12.8 Å². The molecule has 1 aromatic carbocycles. The van der Waals surface area contributed by atoms with Gasteiger partial charge in [-0.3, -0.25) is 0 Å². The number of methoxy groups -OCH3 is 1. The summed E-state index contributed by atoms with van der Waals surface area (Å²) in [6.45, 7) is -0.779. The molecule has 1 N–H and O–H groups in total. The van der Waals surface area contributed by atoms with Gasteiger partial charge in [0, 0.05) is 5.56 Å². The monoisotopic (exact) mass is 240 g/mol. The third-order valence-electron chi connectivity index (χ3n) is 1.88. The second-order valence-corrected chi connectivity index (χ2v) is 3.17. The van der Waals surface area contributed by atoms with Gasteiger partial charge in [0.25, 0.3) is 0 Å². The van der Waals surface area contributed by atoms with Crippen LogP contribution >= 0.6 is 11.6 Å². The first kappa shape index (κ1) is 12.1. The molecule has 1 aromatic rings. The molecule has 0 unspecified atom stereocenters. The Hall–Kier alpha value is -0.940. The van der Waals surface area contributed by atoms with Crippen LogP contribution in [0.1, 0.15) is 11.1 Å². The van der Waals surface area contributed by atoms with Crippen LogP contribution in [0.2, 0.25) is 5.02 Å². The second-order valence-electron chi connectivity index (χ2n) is 2.76. The standard InChI is InChI=1S/C9H8ClF3O2/c1-15-8-5(4-14)6(9(11,12)13)2-3-7(8)10/h2-3,14H,4H2,1H3. The SMILES string of the molecule is COc1c(Cl)ccc(C(F)(F)F)c1CO. The van der Waals surface area contributed by atoms with Crippen LogP contribution in [0.4, 0.5) is 13.2 Å². The van der Waals surface area contributed by atoms with E-state index in [2.05, 4.69) is 0 Å². The molecular formula is C9H8ClF3O2. The highest BCUT2D eigenvalue weighted by Gasteiger charge is 2.35. The smallest absolute Gasteiger partial charge is 0.416 e. The normalized spacial score (nSPS) is 11.6. The lowest BCUT2D eigenvalue weighted by atomic mass is 10.1. The lowest BCUT2D eigenvalue weighted by Crippen LogP contribution is -2.10. The first-order chi connectivity index (χ1) is 6.91. The summed E-state index contributed by atoms with van der Waals surface area (Å²) in [6.07, 6.45) is -4.53. The van der Waals surface area contributed by atoms with Crippen LogP contribution < -0.4 is 4.74 Å². The number of aliphatic hydroxyl groups excluding tert-OH is 1. The quantitative estimate of drug-likeness (QED) is 0.861. The molecule has 84 valence electrons. The third kappa shape index (κ3) is 2.35. The predicted molar refractivity (Wildman–Crippen MR) is 48.9 cm³/mol. The number of ether oxygens (including phenoxy) is 1. The average molecular weight is 241 g/mol.